The van der Waals surface area contributed by atoms with Crippen LogP contribution in [0, 0.1) is 6.92 Å². The Balaban J connectivity index is 2.02. The Kier molecular flexibility index (Phi) is 6.17. The maximum Gasteiger partial charge on any atom is 0.335 e. The van der Waals surface area contributed by atoms with Crippen LogP contribution in [0.15, 0.2) is 35.9 Å². The van der Waals surface area contributed by atoms with E-state index in [2.05, 4.69) is 5.32 Å². The number of hydrogen-bond donors (Lipinski definition) is 1. The minimum absolute atomic E-state index is 0.230. The van der Waals surface area contributed by atoms with Crippen molar-refractivity contribution in [1.29, 1.82) is 0 Å². The number of benzene rings is 2. The number of barbiturate groups is 1. The number of urea groups is 1. The number of rotatable bonds is 4. The predicted octanol–water partition coefficient (Wildman–Crippen LogP) is 5.02. The minimum atomic E-state index is -0.861. The van der Waals surface area contributed by atoms with Crippen LogP contribution in [0.4, 0.5) is 10.5 Å². The van der Waals surface area contributed by atoms with Gasteiger partial charge >= 0.3 is 6.03 Å². The summed E-state index contributed by atoms with van der Waals surface area (Å²) >= 11 is 18.5. The molecule has 1 aliphatic heterocycles. The van der Waals surface area contributed by atoms with Crippen molar-refractivity contribution in [3.63, 3.8) is 0 Å². The van der Waals surface area contributed by atoms with Crippen LogP contribution >= 0.6 is 34.8 Å². The van der Waals surface area contributed by atoms with Crippen LogP contribution in [0.25, 0.3) is 6.08 Å². The number of imide groups is 2. The number of aryl methyl sites for hydroxylation is 1. The molecule has 0 unspecified atom stereocenters. The molecule has 2 aromatic rings. The number of anilines is 1. The first-order chi connectivity index (χ1) is 13.7. The van der Waals surface area contributed by atoms with Crippen LogP contribution in [-0.4, -0.2) is 24.5 Å². The number of hydrogen-bond acceptors (Lipinski definition) is 4. The maximum absolute atomic E-state index is 12.9. The molecule has 1 N–H and O–H groups in total. The highest BCUT2D eigenvalue weighted by Gasteiger charge is 2.37. The largest absolute Gasteiger partial charge is 0.491 e. The molecule has 3 rings (SSSR count). The molecule has 1 saturated heterocycles. The molecule has 1 fully saturated rings. The van der Waals surface area contributed by atoms with Gasteiger partial charge in [-0.3, -0.25) is 14.9 Å². The zero-order valence-corrected chi connectivity index (χ0v) is 17.7. The van der Waals surface area contributed by atoms with Gasteiger partial charge in [-0.05, 0) is 55.3 Å². The maximum atomic E-state index is 12.9. The van der Waals surface area contributed by atoms with Crippen molar-refractivity contribution in [2.75, 3.05) is 11.5 Å². The second-order valence-electron chi connectivity index (χ2n) is 6.14. The third kappa shape index (κ3) is 4.24. The Morgan fingerprint density at radius 2 is 1.69 bits per heavy atom. The van der Waals surface area contributed by atoms with Crippen molar-refractivity contribution in [3.8, 4) is 5.75 Å². The highest BCUT2D eigenvalue weighted by molar-refractivity contribution is 6.40. The summed E-state index contributed by atoms with van der Waals surface area (Å²) in [4.78, 5) is 38.3. The Morgan fingerprint density at radius 3 is 2.28 bits per heavy atom. The van der Waals surface area contributed by atoms with Crippen LogP contribution in [0.5, 0.6) is 5.75 Å². The summed E-state index contributed by atoms with van der Waals surface area (Å²) in [6.07, 6.45) is 1.31. The van der Waals surface area contributed by atoms with Crippen molar-refractivity contribution in [2.24, 2.45) is 0 Å². The fourth-order valence-corrected chi connectivity index (χ4v) is 3.51. The summed E-state index contributed by atoms with van der Waals surface area (Å²) in [7, 11) is 0. The first-order valence-corrected chi connectivity index (χ1v) is 9.65. The molecule has 6 nitrogen and oxygen atoms in total. The van der Waals surface area contributed by atoms with Crippen molar-refractivity contribution in [3.05, 3.63) is 62.1 Å². The number of amides is 4. The number of ether oxygens (including phenoxy) is 1. The first-order valence-electron chi connectivity index (χ1n) is 8.52. The fraction of sp³-hybridized carbons (Fsp3) is 0.150. The summed E-state index contributed by atoms with van der Waals surface area (Å²) in [6, 6.07) is 6.87. The van der Waals surface area contributed by atoms with Gasteiger partial charge in [-0.15, -0.1) is 0 Å². The molecule has 0 bridgehead atoms. The molecule has 1 aliphatic rings. The number of carbonyl (C=O) groups excluding carboxylic acids is 3. The predicted molar refractivity (Wildman–Crippen MR) is 113 cm³/mol. The molecule has 1 heterocycles. The summed E-state index contributed by atoms with van der Waals surface area (Å²) in [6.45, 7) is 3.95. The first kappa shape index (κ1) is 21.2. The van der Waals surface area contributed by atoms with Gasteiger partial charge in [-0.25, -0.2) is 9.69 Å². The zero-order valence-electron chi connectivity index (χ0n) is 15.4. The van der Waals surface area contributed by atoms with E-state index in [1.54, 1.807) is 26.0 Å². The lowest BCUT2D eigenvalue weighted by Crippen LogP contribution is -2.54. The van der Waals surface area contributed by atoms with E-state index in [9.17, 15) is 14.4 Å². The highest BCUT2D eigenvalue weighted by Crippen LogP contribution is 2.35. The Labute approximate surface area is 182 Å². The zero-order chi connectivity index (χ0) is 21.3. The molecule has 2 aromatic carbocycles. The average Bonchev–Trinajstić information content (AvgIpc) is 2.64. The third-order valence-electron chi connectivity index (χ3n) is 4.14. The van der Waals surface area contributed by atoms with E-state index in [1.807, 2.05) is 0 Å². The molecular formula is C20H15Cl3N2O4. The molecule has 0 aromatic heterocycles. The normalized spacial score (nSPS) is 15.7. The van der Waals surface area contributed by atoms with E-state index in [-0.39, 0.29) is 21.3 Å². The lowest BCUT2D eigenvalue weighted by atomic mass is 10.1. The third-order valence-corrected chi connectivity index (χ3v) is 5.10. The fourth-order valence-electron chi connectivity index (χ4n) is 2.72. The summed E-state index contributed by atoms with van der Waals surface area (Å²) < 4.78 is 5.37. The monoisotopic (exact) mass is 452 g/mol. The number of halogens is 3. The van der Waals surface area contributed by atoms with Crippen LogP contribution in [-0.2, 0) is 9.59 Å². The van der Waals surface area contributed by atoms with Gasteiger partial charge in [0.15, 0.2) is 5.75 Å². The smallest absolute Gasteiger partial charge is 0.335 e. The van der Waals surface area contributed by atoms with Gasteiger partial charge in [0.25, 0.3) is 11.8 Å². The quantitative estimate of drug-likeness (QED) is 0.521. The van der Waals surface area contributed by atoms with E-state index >= 15 is 0 Å². The lowest BCUT2D eigenvalue weighted by Gasteiger charge is -2.26. The van der Waals surface area contributed by atoms with Crippen LogP contribution in [0.3, 0.4) is 0 Å². The van der Waals surface area contributed by atoms with Gasteiger partial charge in [0, 0.05) is 5.02 Å². The molecular weight excluding hydrogens is 439 g/mol. The molecule has 150 valence electrons. The van der Waals surface area contributed by atoms with Crippen LogP contribution in [0.2, 0.25) is 15.1 Å². The molecule has 0 aliphatic carbocycles. The van der Waals surface area contributed by atoms with Crippen molar-refractivity contribution in [1.82, 2.24) is 5.32 Å². The lowest BCUT2D eigenvalue weighted by molar-refractivity contribution is -0.122. The minimum Gasteiger partial charge on any atom is -0.491 e. The SMILES string of the molecule is CCOc1c(Cl)cc(/C=C2/C(=O)NC(=O)N(c3ccc(C)c(Cl)c3)C2=O)cc1Cl. The van der Waals surface area contributed by atoms with Crippen LogP contribution < -0.4 is 15.0 Å². The topological polar surface area (TPSA) is 75.7 Å². The number of nitrogens with zero attached hydrogens (tertiary/aromatic N) is 1. The van der Waals surface area contributed by atoms with E-state index in [4.69, 9.17) is 39.5 Å². The van der Waals surface area contributed by atoms with Gasteiger partial charge in [0.1, 0.15) is 5.57 Å². The standard InChI is InChI=1S/C20H15Cl3N2O4/c1-3-29-17-15(22)7-11(8-16(17)23)6-13-18(26)24-20(28)25(19(13)27)12-5-4-10(2)14(21)9-12/h4-9H,3H2,1-2H3,(H,24,26,28)/b13-6-. The van der Waals surface area contributed by atoms with Crippen molar-refractivity contribution in [2.45, 2.75) is 13.8 Å². The van der Waals surface area contributed by atoms with Gasteiger partial charge < -0.3 is 4.74 Å². The van der Waals surface area contributed by atoms with E-state index in [0.29, 0.717) is 22.9 Å². The molecule has 0 saturated carbocycles. The molecule has 0 spiro atoms. The van der Waals surface area contributed by atoms with Gasteiger partial charge in [0.2, 0.25) is 0 Å². The van der Waals surface area contributed by atoms with Gasteiger partial charge in [-0.1, -0.05) is 40.9 Å². The Morgan fingerprint density at radius 1 is 1.03 bits per heavy atom. The summed E-state index contributed by atoms with van der Waals surface area (Å²) in [5.74, 6) is -1.31. The van der Waals surface area contributed by atoms with Crippen molar-refractivity contribution < 1.29 is 19.1 Å². The van der Waals surface area contributed by atoms with E-state index in [1.165, 1.54) is 24.3 Å². The second-order valence-corrected chi connectivity index (χ2v) is 7.36. The average molecular weight is 454 g/mol. The Hall–Kier alpha value is -2.54. The molecule has 29 heavy (non-hydrogen) atoms. The molecule has 0 radical (unpaired) electrons. The Bertz CT molecular complexity index is 1040. The van der Waals surface area contributed by atoms with Crippen LogP contribution in [0.1, 0.15) is 18.1 Å². The van der Waals surface area contributed by atoms with Gasteiger partial charge in [0.05, 0.1) is 22.3 Å². The molecule has 0 atom stereocenters. The second kappa shape index (κ2) is 8.45. The van der Waals surface area contributed by atoms with Crippen molar-refractivity contribution >= 4 is 64.4 Å². The highest BCUT2D eigenvalue weighted by atomic mass is 35.5. The molecule has 4 amide bonds. The summed E-state index contributed by atoms with van der Waals surface area (Å²) in [5, 5.41) is 2.99. The number of carbonyl (C=O) groups is 3. The summed E-state index contributed by atoms with van der Waals surface area (Å²) in [5.41, 5.74) is 1.17. The molecule has 9 heteroatoms. The number of nitrogens with one attached hydrogen (secondary N) is 1. The van der Waals surface area contributed by atoms with E-state index in [0.717, 1.165) is 10.5 Å². The van der Waals surface area contributed by atoms with Gasteiger partial charge in [-0.2, -0.15) is 0 Å². The van der Waals surface area contributed by atoms with E-state index < -0.39 is 17.8 Å².